The summed E-state index contributed by atoms with van der Waals surface area (Å²) in [5.74, 6) is -0.482. The minimum Gasteiger partial charge on any atom is -0.450 e. The summed E-state index contributed by atoms with van der Waals surface area (Å²) in [5, 5.41) is 11.2. The maximum Gasteiger partial charge on any atom is 0.407 e. The van der Waals surface area contributed by atoms with Crippen molar-refractivity contribution in [1.29, 1.82) is 5.26 Å². The molecule has 6 heteroatoms. The fourth-order valence-corrected chi connectivity index (χ4v) is 1.65. The topological polar surface area (TPSA) is 82.4 Å². The van der Waals surface area contributed by atoms with Crippen molar-refractivity contribution in [2.75, 3.05) is 13.7 Å². The highest BCUT2D eigenvalue weighted by Crippen LogP contribution is 2.05. The first-order chi connectivity index (χ1) is 9.58. The van der Waals surface area contributed by atoms with Crippen LogP contribution in [0.5, 0.6) is 0 Å². The number of nitrogens with one attached hydrogen (secondary N) is 1. The molecule has 6 nitrogen and oxygen atoms in total. The summed E-state index contributed by atoms with van der Waals surface area (Å²) in [6.45, 7) is 1.89. The van der Waals surface area contributed by atoms with Crippen LogP contribution in [0.15, 0.2) is 30.3 Å². The van der Waals surface area contributed by atoms with Crippen molar-refractivity contribution < 1.29 is 14.3 Å². The minimum atomic E-state index is -0.832. The molecule has 1 atom stereocenters. The van der Waals surface area contributed by atoms with Gasteiger partial charge in [-0.1, -0.05) is 30.3 Å². The maximum absolute atomic E-state index is 12.1. The van der Waals surface area contributed by atoms with Gasteiger partial charge in [-0.25, -0.2) is 4.79 Å². The van der Waals surface area contributed by atoms with Crippen molar-refractivity contribution >= 4 is 12.0 Å². The van der Waals surface area contributed by atoms with Crippen molar-refractivity contribution in [1.82, 2.24) is 10.2 Å². The Labute approximate surface area is 117 Å². The quantitative estimate of drug-likeness (QED) is 0.648. The molecule has 0 fully saturated rings. The van der Waals surface area contributed by atoms with Crippen LogP contribution in [-0.2, 0) is 16.0 Å². The van der Waals surface area contributed by atoms with Crippen molar-refractivity contribution in [3.63, 3.8) is 0 Å². The van der Waals surface area contributed by atoms with Crippen LogP contribution in [0.2, 0.25) is 0 Å². The zero-order chi connectivity index (χ0) is 15.0. The maximum atomic E-state index is 12.1. The van der Waals surface area contributed by atoms with Crippen LogP contribution in [0, 0.1) is 11.5 Å². The van der Waals surface area contributed by atoms with Gasteiger partial charge in [0.15, 0.2) is 6.19 Å². The van der Waals surface area contributed by atoms with Crippen LogP contribution in [-0.4, -0.2) is 36.6 Å². The first-order valence-electron chi connectivity index (χ1n) is 6.23. The summed E-state index contributed by atoms with van der Waals surface area (Å²) in [5.41, 5.74) is 0.883. The van der Waals surface area contributed by atoms with Gasteiger partial charge in [0.1, 0.15) is 6.04 Å². The molecule has 0 radical (unpaired) electrons. The number of benzene rings is 1. The van der Waals surface area contributed by atoms with E-state index in [0.29, 0.717) is 6.42 Å². The van der Waals surface area contributed by atoms with Gasteiger partial charge in [0.2, 0.25) is 0 Å². The molecule has 0 aromatic heterocycles. The van der Waals surface area contributed by atoms with Gasteiger partial charge in [-0.3, -0.25) is 9.69 Å². The van der Waals surface area contributed by atoms with E-state index in [9.17, 15) is 9.59 Å². The summed E-state index contributed by atoms with van der Waals surface area (Å²) >= 11 is 0. The van der Waals surface area contributed by atoms with Crippen LogP contribution >= 0.6 is 0 Å². The van der Waals surface area contributed by atoms with Crippen LogP contribution in [0.1, 0.15) is 12.5 Å². The first-order valence-corrected chi connectivity index (χ1v) is 6.23. The molecule has 0 aliphatic rings. The molecule has 0 aliphatic heterocycles. The molecule has 2 amide bonds. The lowest BCUT2D eigenvalue weighted by molar-refractivity contribution is -0.129. The predicted octanol–water partition coefficient (Wildman–Crippen LogP) is 1.28. The highest BCUT2D eigenvalue weighted by atomic mass is 16.5. The summed E-state index contributed by atoms with van der Waals surface area (Å²) in [6, 6.07) is 8.41. The van der Waals surface area contributed by atoms with Gasteiger partial charge in [-0.2, -0.15) is 5.26 Å². The number of ether oxygens (including phenoxy) is 1. The molecule has 20 heavy (non-hydrogen) atoms. The molecule has 0 spiro atoms. The lowest BCUT2D eigenvalue weighted by Crippen LogP contribution is -2.47. The molecular weight excluding hydrogens is 258 g/mol. The number of rotatable bonds is 5. The van der Waals surface area contributed by atoms with Gasteiger partial charge >= 0.3 is 6.09 Å². The Bertz CT molecular complexity index is 496. The standard InChI is InChI=1S/C14H17N3O3/c1-3-20-14(19)16-12(13(18)17(2)10-15)9-11-7-5-4-6-8-11/h4-8,12H,3,9H2,1-2H3,(H,16,19). The van der Waals surface area contributed by atoms with Crippen LogP contribution < -0.4 is 5.32 Å². The van der Waals surface area contributed by atoms with Crippen molar-refractivity contribution in [3.05, 3.63) is 35.9 Å². The Kier molecular flexibility index (Phi) is 6.04. The SMILES string of the molecule is CCOC(=O)NC(Cc1ccccc1)C(=O)N(C)C#N. The fraction of sp³-hybridized carbons (Fsp3) is 0.357. The second-order valence-corrected chi connectivity index (χ2v) is 4.10. The van der Waals surface area contributed by atoms with E-state index in [0.717, 1.165) is 10.5 Å². The van der Waals surface area contributed by atoms with Gasteiger partial charge in [0.25, 0.3) is 5.91 Å². The average molecular weight is 275 g/mol. The second-order valence-electron chi connectivity index (χ2n) is 4.10. The van der Waals surface area contributed by atoms with Gasteiger partial charge < -0.3 is 10.1 Å². The molecular formula is C14H17N3O3. The molecule has 0 bridgehead atoms. The van der Waals surface area contributed by atoms with Crippen molar-refractivity contribution in [3.8, 4) is 6.19 Å². The summed E-state index contributed by atoms with van der Waals surface area (Å²) in [6.07, 6.45) is 1.35. The van der Waals surface area contributed by atoms with E-state index in [1.807, 2.05) is 30.3 Å². The van der Waals surface area contributed by atoms with Crippen molar-refractivity contribution in [2.45, 2.75) is 19.4 Å². The fourth-order valence-electron chi connectivity index (χ4n) is 1.65. The Hall–Kier alpha value is -2.55. The van der Waals surface area contributed by atoms with E-state index in [4.69, 9.17) is 10.00 Å². The number of likely N-dealkylation sites (N-methyl/N-ethyl adjacent to an activating group) is 1. The third-order valence-electron chi connectivity index (χ3n) is 2.63. The zero-order valence-corrected chi connectivity index (χ0v) is 11.5. The lowest BCUT2D eigenvalue weighted by atomic mass is 10.1. The van der Waals surface area contributed by atoms with E-state index in [1.54, 1.807) is 13.1 Å². The van der Waals surface area contributed by atoms with Crippen molar-refractivity contribution in [2.24, 2.45) is 0 Å². The molecule has 0 saturated heterocycles. The van der Waals surface area contributed by atoms with E-state index in [2.05, 4.69) is 5.32 Å². The summed E-state index contributed by atoms with van der Waals surface area (Å²) in [7, 11) is 1.35. The Morgan fingerprint density at radius 3 is 2.60 bits per heavy atom. The van der Waals surface area contributed by atoms with Crippen LogP contribution in [0.3, 0.4) is 0 Å². The molecule has 1 unspecified atom stereocenters. The number of alkyl carbamates (subject to hydrolysis) is 1. The highest BCUT2D eigenvalue weighted by molar-refractivity contribution is 5.86. The Morgan fingerprint density at radius 2 is 2.05 bits per heavy atom. The lowest BCUT2D eigenvalue weighted by Gasteiger charge is -2.19. The number of nitrogens with zero attached hydrogens (tertiary/aromatic N) is 2. The van der Waals surface area contributed by atoms with Crippen LogP contribution in [0.4, 0.5) is 4.79 Å². The monoisotopic (exact) mass is 275 g/mol. The molecule has 1 rings (SSSR count). The highest BCUT2D eigenvalue weighted by Gasteiger charge is 2.24. The molecule has 1 N–H and O–H groups in total. The number of nitriles is 1. The van der Waals surface area contributed by atoms with E-state index < -0.39 is 18.0 Å². The minimum absolute atomic E-state index is 0.214. The van der Waals surface area contributed by atoms with E-state index in [1.165, 1.54) is 7.05 Å². The third kappa shape index (κ3) is 4.61. The predicted molar refractivity (Wildman–Crippen MR) is 72.5 cm³/mol. The average Bonchev–Trinajstić information content (AvgIpc) is 2.46. The van der Waals surface area contributed by atoms with Gasteiger partial charge in [-0.05, 0) is 12.5 Å². The van der Waals surface area contributed by atoms with Crippen LogP contribution in [0.25, 0.3) is 0 Å². The van der Waals surface area contributed by atoms with Gasteiger partial charge in [-0.15, -0.1) is 0 Å². The Morgan fingerprint density at radius 1 is 1.40 bits per heavy atom. The molecule has 0 saturated carbocycles. The number of hydrogen-bond acceptors (Lipinski definition) is 4. The number of carbonyl (C=O) groups excluding carboxylic acids is 2. The van der Waals surface area contributed by atoms with E-state index in [-0.39, 0.29) is 6.61 Å². The number of amides is 2. The Balaban J connectivity index is 2.81. The largest absolute Gasteiger partial charge is 0.450 e. The van der Waals surface area contributed by atoms with Gasteiger partial charge in [0, 0.05) is 13.5 Å². The molecule has 0 heterocycles. The first kappa shape index (κ1) is 15.5. The third-order valence-corrected chi connectivity index (χ3v) is 2.63. The second kappa shape index (κ2) is 7.79. The number of hydrogen-bond donors (Lipinski definition) is 1. The van der Waals surface area contributed by atoms with E-state index >= 15 is 0 Å². The smallest absolute Gasteiger partial charge is 0.407 e. The summed E-state index contributed by atoms with van der Waals surface area (Å²) in [4.78, 5) is 24.4. The zero-order valence-electron chi connectivity index (χ0n) is 11.5. The van der Waals surface area contributed by atoms with Gasteiger partial charge in [0.05, 0.1) is 6.61 Å². The molecule has 0 aliphatic carbocycles. The summed E-state index contributed by atoms with van der Waals surface area (Å²) < 4.78 is 4.77. The molecule has 1 aromatic rings. The number of carbonyl (C=O) groups is 2. The molecule has 1 aromatic carbocycles. The molecule has 106 valence electrons. The normalized spacial score (nSPS) is 11.1.